The number of hydrogen-bond donors (Lipinski definition) is 2. The van der Waals surface area contributed by atoms with Crippen molar-refractivity contribution >= 4 is 30.7 Å². The zero-order valence-electron chi connectivity index (χ0n) is 12.6. The molecule has 0 saturated heterocycles. The highest BCUT2D eigenvalue weighted by molar-refractivity contribution is 5.85. The van der Waals surface area contributed by atoms with Gasteiger partial charge in [0.15, 0.2) is 0 Å². The summed E-state index contributed by atoms with van der Waals surface area (Å²) in [6, 6.07) is 1.00. The van der Waals surface area contributed by atoms with E-state index < -0.39 is 0 Å². The molecule has 0 aliphatic heterocycles. The average molecular weight is 326 g/mol. The molecule has 2 fully saturated rings. The number of rotatable bonds is 6. The summed E-state index contributed by atoms with van der Waals surface area (Å²) < 4.78 is 0. The third-order valence-corrected chi connectivity index (χ3v) is 4.16. The Kier molecular flexibility index (Phi) is 9.81. The van der Waals surface area contributed by atoms with E-state index in [1.807, 2.05) is 0 Å². The van der Waals surface area contributed by atoms with Crippen LogP contribution < -0.4 is 10.6 Å². The maximum Gasteiger partial charge on any atom is 0.234 e. The molecular weight excluding hydrogens is 297 g/mol. The molecule has 2 unspecified atom stereocenters. The lowest BCUT2D eigenvalue weighted by Gasteiger charge is -2.33. The molecule has 2 aliphatic carbocycles. The molecule has 4 nitrogen and oxygen atoms in total. The molecule has 0 radical (unpaired) electrons. The van der Waals surface area contributed by atoms with Gasteiger partial charge < -0.3 is 15.5 Å². The molecule has 0 bridgehead atoms. The van der Waals surface area contributed by atoms with E-state index in [1.165, 1.54) is 25.7 Å². The van der Waals surface area contributed by atoms with Crippen molar-refractivity contribution in [1.82, 2.24) is 15.5 Å². The summed E-state index contributed by atoms with van der Waals surface area (Å²) in [7, 11) is 4.26. The molecule has 6 heteroatoms. The normalized spacial score (nSPS) is 25.6. The highest BCUT2D eigenvalue weighted by Gasteiger charge is 2.24. The maximum absolute atomic E-state index is 11.8. The molecule has 2 aliphatic rings. The van der Waals surface area contributed by atoms with E-state index in [9.17, 15) is 4.79 Å². The first-order valence-corrected chi connectivity index (χ1v) is 7.31. The average Bonchev–Trinajstić information content (AvgIpc) is 3.13. The van der Waals surface area contributed by atoms with Gasteiger partial charge in [-0.1, -0.05) is 0 Å². The van der Waals surface area contributed by atoms with E-state index in [-0.39, 0.29) is 30.7 Å². The van der Waals surface area contributed by atoms with E-state index >= 15 is 0 Å². The van der Waals surface area contributed by atoms with Gasteiger partial charge in [0.05, 0.1) is 6.54 Å². The Balaban J connectivity index is 0.00000180. The van der Waals surface area contributed by atoms with Crippen LogP contribution in [-0.4, -0.2) is 50.1 Å². The molecule has 0 aromatic carbocycles. The zero-order valence-corrected chi connectivity index (χ0v) is 14.2. The van der Waals surface area contributed by atoms with Crippen LogP contribution in [0.25, 0.3) is 0 Å². The number of nitrogens with one attached hydrogen (secondary N) is 2. The van der Waals surface area contributed by atoms with Gasteiger partial charge in [-0.3, -0.25) is 4.79 Å². The maximum atomic E-state index is 11.8. The van der Waals surface area contributed by atoms with Gasteiger partial charge in [0.2, 0.25) is 5.91 Å². The second kappa shape index (κ2) is 9.82. The topological polar surface area (TPSA) is 44.4 Å². The predicted molar refractivity (Wildman–Crippen MR) is 88.0 cm³/mol. The second-order valence-electron chi connectivity index (χ2n) is 6.12. The van der Waals surface area contributed by atoms with Gasteiger partial charge in [0.1, 0.15) is 0 Å². The van der Waals surface area contributed by atoms with E-state index in [4.69, 9.17) is 0 Å². The fraction of sp³-hybridized carbons (Fsp3) is 0.929. The van der Waals surface area contributed by atoms with Crippen LogP contribution in [0, 0.1) is 5.92 Å². The summed E-state index contributed by atoms with van der Waals surface area (Å²) >= 11 is 0. The minimum absolute atomic E-state index is 0. The van der Waals surface area contributed by atoms with E-state index in [2.05, 4.69) is 29.6 Å². The van der Waals surface area contributed by atoms with Crippen LogP contribution in [0.4, 0.5) is 0 Å². The summed E-state index contributed by atoms with van der Waals surface area (Å²) in [6.07, 6.45) is 7.40. The number of nitrogens with zero attached hydrogens (tertiary/aromatic N) is 1. The summed E-state index contributed by atoms with van der Waals surface area (Å²) in [6.45, 7) is 1.50. The molecule has 2 rings (SSSR count). The SMILES string of the molecule is CN(C)C1CCCC(NC(=O)CNCC2CC2)C1.Cl.Cl. The molecule has 0 aromatic heterocycles. The van der Waals surface area contributed by atoms with Gasteiger partial charge in [-0.05, 0) is 65.1 Å². The van der Waals surface area contributed by atoms with E-state index in [1.54, 1.807) is 0 Å². The smallest absolute Gasteiger partial charge is 0.234 e. The van der Waals surface area contributed by atoms with Gasteiger partial charge in [0, 0.05) is 12.1 Å². The molecule has 2 N–H and O–H groups in total. The number of carbonyl (C=O) groups excluding carboxylic acids is 1. The van der Waals surface area contributed by atoms with E-state index in [0.717, 1.165) is 25.3 Å². The van der Waals surface area contributed by atoms with Crippen molar-refractivity contribution < 1.29 is 4.79 Å². The van der Waals surface area contributed by atoms with Crippen LogP contribution in [0.1, 0.15) is 38.5 Å². The summed E-state index contributed by atoms with van der Waals surface area (Å²) in [4.78, 5) is 14.1. The Morgan fingerprint density at radius 1 is 1.15 bits per heavy atom. The van der Waals surface area contributed by atoms with Gasteiger partial charge in [0.25, 0.3) is 0 Å². The van der Waals surface area contributed by atoms with Crippen molar-refractivity contribution in [3.63, 3.8) is 0 Å². The van der Waals surface area contributed by atoms with Crippen molar-refractivity contribution in [2.24, 2.45) is 5.92 Å². The van der Waals surface area contributed by atoms with Crippen molar-refractivity contribution in [3.05, 3.63) is 0 Å². The van der Waals surface area contributed by atoms with Crippen LogP contribution in [0.15, 0.2) is 0 Å². The quantitative estimate of drug-likeness (QED) is 0.783. The molecule has 0 heterocycles. The fourth-order valence-corrected chi connectivity index (χ4v) is 2.75. The number of amides is 1. The first-order valence-electron chi connectivity index (χ1n) is 7.31. The number of hydrogen-bond acceptors (Lipinski definition) is 3. The lowest BCUT2D eigenvalue weighted by atomic mass is 9.90. The molecular formula is C14H29Cl2N3O. The summed E-state index contributed by atoms with van der Waals surface area (Å²) in [5.74, 6) is 1.01. The highest BCUT2D eigenvalue weighted by Crippen LogP contribution is 2.27. The predicted octanol–water partition coefficient (Wildman–Crippen LogP) is 1.82. The van der Waals surface area contributed by atoms with E-state index in [0.29, 0.717) is 18.6 Å². The molecule has 0 aromatic rings. The first kappa shape index (κ1) is 20.0. The van der Waals surface area contributed by atoms with Crippen molar-refractivity contribution in [2.75, 3.05) is 27.2 Å². The molecule has 20 heavy (non-hydrogen) atoms. The first-order chi connectivity index (χ1) is 8.65. The van der Waals surface area contributed by atoms with Crippen molar-refractivity contribution in [3.8, 4) is 0 Å². The molecule has 1 amide bonds. The number of halogens is 2. The minimum atomic E-state index is 0. The lowest BCUT2D eigenvalue weighted by molar-refractivity contribution is -0.121. The van der Waals surface area contributed by atoms with Crippen LogP contribution in [0.5, 0.6) is 0 Å². The van der Waals surface area contributed by atoms with Gasteiger partial charge in [-0.25, -0.2) is 0 Å². The van der Waals surface area contributed by atoms with Gasteiger partial charge in [-0.15, -0.1) is 24.8 Å². The largest absolute Gasteiger partial charge is 0.352 e. The monoisotopic (exact) mass is 325 g/mol. The molecule has 2 saturated carbocycles. The molecule has 2 atom stereocenters. The zero-order chi connectivity index (χ0) is 13.0. The fourth-order valence-electron chi connectivity index (χ4n) is 2.75. The number of carbonyl (C=O) groups is 1. The Morgan fingerprint density at radius 3 is 2.45 bits per heavy atom. The Labute approximate surface area is 135 Å². The van der Waals surface area contributed by atoms with Crippen LogP contribution in [-0.2, 0) is 4.79 Å². The Morgan fingerprint density at radius 2 is 1.85 bits per heavy atom. The van der Waals surface area contributed by atoms with Crippen molar-refractivity contribution in [1.29, 1.82) is 0 Å². The minimum Gasteiger partial charge on any atom is -0.352 e. The van der Waals surface area contributed by atoms with Crippen molar-refractivity contribution in [2.45, 2.75) is 50.6 Å². The summed E-state index contributed by atoms with van der Waals surface area (Å²) in [5.41, 5.74) is 0. The van der Waals surface area contributed by atoms with Gasteiger partial charge in [-0.2, -0.15) is 0 Å². The summed E-state index contributed by atoms with van der Waals surface area (Å²) in [5, 5.41) is 6.42. The van der Waals surface area contributed by atoms with Crippen LogP contribution in [0.3, 0.4) is 0 Å². The standard InChI is InChI=1S/C14H27N3O.2ClH/c1-17(2)13-5-3-4-12(8-13)16-14(18)10-15-9-11-6-7-11;;/h11-13,15H,3-10H2,1-2H3,(H,16,18);2*1H. The molecule has 120 valence electrons. The van der Waals surface area contributed by atoms with Gasteiger partial charge >= 0.3 is 0 Å². The third kappa shape index (κ3) is 7.11. The molecule has 0 spiro atoms. The lowest BCUT2D eigenvalue weighted by Crippen LogP contribution is -2.46. The Hall–Kier alpha value is -0.0300. The van der Waals surface area contributed by atoms with Crippen LogP contribution in [0.2, 0.25) is 0 Å². The highest BCUT2D eigenvalue weighted by atomic mass is 35.5. The Bertz CT molecular complexity index is 286. The van der Waals surface area contributed by atoms with Crippen LogP contribution >= 0.6 is 24.8 Å². The third-order valence-electron chi connectivity index (χ3n) is 4.16. The second-order valence-corrected chi connectivity index (χ2v) is 6.12.